The molecule has 1 aliphatic heterocycles. The molecular formula is C16H16FN3S. The third kappa shape index (κ3) is 2.78. The van der Waals surface area contributed by atoms with Gasteiger partial charge in [-0.05, 0) is 42.7 Å². The minimum absolute atomic E-state index is 0.343. The molecule has 3 rings (SSSR count). The maximum atomic E-state index is 13.8. The lowest BCUT2D eigenvalue weighted by Gasteiger charge is -2.30. The highest BCUT2D eigenvalue weighted by molar-refractivity contribution is 8.13. The second-order valence-electron chi connectivity index (χ2n) is 5.24. The van der Waals surface area contributed by atoms with Crippen molar-refractivity contribution in [1.82, 2.24) is 4.98 Å². The molecule has 0 radical (unpaired) electrons. The van der Waals surface area contributed by atoms with E-state index in [9.17, 15) is 4.39 Å². The van der Waals surface area contributed by atoms with Gasteiger partial charge in [0.2, 0.25) is 5.95 Å². The van der Waals surface area contributed by atoms with Gasteiger partial charge in [-0.3, -0.25) is 4.99 Å². The zero-order valence-corrected chi connectivity index (χ0v) is 12.5. The molecule has 1 aromatic heterocycles. The summed E-state index contributed by atoms with van der Waals surface area (Å²) in [5.74, 6) is 0.485. The maximum absolute atomic E-state index is 13.8. The Balaban J connectivity index is 2.05. The summed E-state index contributed by atoms with van der Waals surface area (Å²) < 4.78 is 13.8. The van der Waals surface area contributed by atoms with Crippen LogP contribution in [0, 0.1) is 5.95 Å². The molecule has 3 nitrogen and oxygen atoms in total. The van der Waals surface area contributed by atoms with Gasteiger partial charge >= 0.3 is 0 Å². The van der Waals surface area contributed by atoms with Crippen LogP contribution in [-0.4, -0.2) is 15.9 Å². The largest absolute Gasteiger partial charge is 0.379 e. The second kappa shape index (κ2) is 5.48. The van der Waals surface area contributed by atoms with Crippen LogP contribution in [-0.2, 0) is 5.54 Å². The Morgan fingerprint density at radius 2 is 2.14 bits per heavy atom. The lowest BCUT2D eigenvalue weighted by Crippen LogP contribution is -2.28. The molecule has 2 heterocycles. The Kier molecular flexibility index (Phi) is 3.68. The summed E-state index contributed by atoms with van der Waals surface area (Å²) in [7, 11) is 0. The molecule has 5 heteroatoms. The fourth-order valence-corrected chi connectivity index (χ4v) is 3.49. The molecule has 0 bridgehead atoms. The number of hydrogen-bond donors (Lipinski definition) is 1. The van der Waals surface area contributed by atoms with Crippen LogP contribution in [0.1, 0.15) is 18.9 Å². The van der Waals surface area contributed by atoms with Gasteiger partial charge in [-0.15, -0.1) is 0 Å². The summed E-state index contributed by atoms with van der Waals surface area (Å²) in [5, 5.41) is 0.613. The van der Waals surface area contributed by atoms with Crippen LogP contribution < -0.4 is 5.73 Å². The number of hydrogen-bond acceptors (Lipinski definition) is 4. The molecule has 21 heavy (non-hydrogen) atoms. The number of nitrogens with two attached hydrogens (primary N) is 1. The van der Waals surface area contributed by atoms with Gasteiger partial charge in [-0.2, -0.15) is 4.39 Å². The van der Waals surface area contributed by atoms with Gasteiger partial charge in [-0.1, -0.05) is 30.0 Å². The predicted molar refractivity (Wildman–Crippen MR) is 85.7 cm³/mol. The Morgan fingerprint density at radius 1 is 1.29 bits per heavy atom. The first-order valence-corrected chi connectivity index (χ1v) is 7.77. The van der Waals surface area contributed by atoms with E-state index in [0.29, 0.717) is 10.7 Å². The topological polar surface area (TPSA) is 51.3 Å². The summed E-state index contributed by atoms with van der Waals surface area (Å²) >= 11 is 1.58. The van der Waals surface area contributed by atoms with E-state index in [2.05, 4.69) is 16.9 Å². The zero-order chi connectivity index (χ0) is 14.9. The SMILES string of the molecule is CC1(c2cccc(-c3cccnc3F)c2)CCSC(N)=N1. The Hall–Kier alpha value is -1.88. The minimum atomic E-state index is -0.456. The van der Waals surface area contributed by atoms with Crippen molar-refractivity contribution in [2.75, 3.05) is 5.75 Å². The third-order valence-electron chi connectivity index (χ3n) is 3.75. The number of thioether (sulfide) groups is 1. The van der Waals surface area contributed by atoms with Gasteiger partial charge in [0.25, 0.3) is 0 Å². The molecule has 1 atom stereocenters. The number of amidine groups is 1. The monoisotopic (exact) mass is 301 g/mol. The second-order valence-corrected chi connectivity index (χ2v) is 6.36. The number of aliphatic imine (C=N–C) groups is 1. The van der Waals surface area contributed by atoms with Crippen LogP contribution in [0.5, 0.6) is 0 Å². The number of rotatable bonds is 2. The van der Waals surface area contributed by atoms with E-state index in [1.807, 2.05) is 24.3 Å². The molecule has 1 aromatic carbocycles. The van der Waals surface area contributed by atoms with Crippen molar-refractivity contribution in [2.45, 2.75) is 18.9 Å². The van der Waals surface area contributed by atoms with Crippen molar-refractivity contribution in [2.24, 2.45) is 10.7 Å². The smallest absolute Gasteiger partial charge is 0.220 e. The molecular weight excluding hydrogens is 285 g/mol. The average molecular weight is 301 g/mol. The van der Waals surface area contributed by atoms with E-state index < -0.39 is 5.95 Å². The van der Waals surface area contributed by atoms with Gasteiger partial charge < -0.3 is 5.73 Å². The molecule has 0 aliphatic carbocycles. The van der Waals surface area contributed by atoms with E-state index in [1.54, 1.807) is 23.9 Å². The van der Waals surface area contributed by atoms with E-state index in [1.165, 1.54) is 6.20 Å². The van der Waals surface area contributed by atoms with Crippen LogP contribution in [0.2, 0.25) is 0 Å². The van der Waals surface area contributed by atoms with Crippen LogP contribution in [0.4, 0.5) is 4.39 Å². The van der Waals surface area contributed by atoms with E-state index >= 15 is 0 Å². The average Bonchev–Trinajstić information content (AvgIpc) is 2.48. The van der Waals surface area contributed by atoms with Crippen LogP contribution in [0.25, 0.3) is 11.1 Å². The molecule has 2 N–H and O–H groups in total. The molecule has 0 spiro atoms. The lowest BCUT2D eigenvalue weighted by molar-refractivity contribution is 0.482. The third-order valence-corrected chi connectivity index (χ3v) is 4.55. The van der Waals surface area contributed by atoms with Crippen molar-refractivity contribution < 1.29 is 4.39 Å². The van der Waals surface area contributed by atoms with E-state index in [0.717, 1.165) is 23.3 Å². The highest BCUT2D eigenvalue weighted by Crippen LogP contribution is 2.36. The molecule has 0 saturated carbocycles. The van der Waals surface area contributed by atoms with Crippen molar-refractivity contribution >= 4 is 16.9 Å². The number of halogens is 1. The summed E-state index contributed by atoms with van der Waals surface area (Å²) in [6.45, 7) is 2.07. The van der Waals surface area contributed by atoms with Gasteiger partial charge in [0.15, 0.2) is 5.17 Å². The van der Waals surface area contributed by atoms with E-state index in [-0.39, 0.29) is 5.54 Å². The normalized spacial score (nSPS) is 21.9. The zero-order valence-electron chi connectivity index (χ0n) is 11.7. The van der Waals surface area contributed by atoms with Crippen molar-refractivity contribution in [1.29, 1.82) is 0 Å². The standard InChI is InChI=1S/C16H16FN3S/c1-16(7-9-21-15(18)20-16)12-5-2-4-11(10-12)13-6-3-8-19-14(13)17/h2-6,8,10H,7,9H2,1H3,(H2,18,20). The molecule has 0 amide bonds. The Morgan fingerprint density at radius 3 is 2.90 bits per heavy atom. The van der Waals surface area contributed by atoms with Crippen LogP contribution in [0.3, 0.4) is 0 Å². The maximum Gasteiger partial charge on any atom is 0.220 e. The lowest BCUT2D eigenvalue weighted by atomic mass is 9.88. The minimum Gasteiger partial charge on any atom is -0.379 e. The highest BCUT2D eigenvalue weighted by Gasteiger charge is 2.29. The quantitative estimate of drug-likeness (QED) is 0.863. The molecule has 1 aliphatic rings. The van der Waals surface area contributed by atoms with Crippen molar-refractivity contribution in [3.05, 3.63) is 54.1 Å². The van der Waals surface area contributed by atoms with Gasteiger partial charge in [0.1, 0.15) is 0 Å². The predicted octanol–water partition coefficient (Wildman–Crippen LogP) is 3.55. The van der Waals surface area contributed by atoms with Crippen molar-refractivity contribution in [3.8, 4) is 11.1 Å². The molecule has 1 unspecified atom stereocenters. The summed E-state index contributed by atoms with van der Waals surface area (Å²) in [6, 6.07) is 11.3. The van der Waals surface area contributed by atoms with Crippen LogP contribution >= 0.6 is 11.8 Å². The summed E-state index contributed by atoms with van der Waals surface area (Å²) in [4.78, 5) is 8.30. The molecule has 2 aromatic rings. The van der Waals surface area contributed by atoms with E-state index in [4.69, 9.17) is 5.73 Å². The van der Waals surface area contributed by atoms with Crippen LogP contribution in [0.15, 0.2) is 47.6 Å². The first kappa shape index (κ1) is 14.1. The number of aromatic nitrogens is 1. The van der Waals surface area contributed by atoms with Gasteiger partial charge in [0, 0.05) is 17.5 Å². The Labute approximate surface area is 127 Å². The highest BCUT2D eigenvalue weighted by atomic mass is 32.2. The molecule has 108 valence electrons. The van der Waals surface area contributed by atoms with Gasteiger partial charge in [0.05, 0.1) is 5.54 Å². The molecule has 0 saturated heterocycles. The molecule has 0 fully saturated rings. The number of benzene rings is 1. The first-order valence-electron chi connectivity index (χ1n) is 6.78. The first-order chi connectivity index (χ1) is 10.1. The number of nitrogens with zero attached hydrogens (tertiary/aromatic N) is 2. The fourth-order valence-electron chi connectivity index (χ4n) is 2.52. The summed E-state index contributed by atoms with van der Waals surface area (Å²) in [6.07, 6.45) is 2.37. The Bertz CT molecular complexity index is 701. The van der Waals surface area contributed by atoms with Gasteiger partial charge in [-0.25, -0.2) is 4.98 Å². The fraction of sp³-hybridized carbons (Fsp3) is 0.250. The summed E-state index contributed by atoms with van der Waals surface area (Å²) in [5.41, 5.74) is 7.88. The number of pyridine rings is 1. The van der Waals surface area contributed by atoms with Crippen molar-refractivity contribution in [3.63, 3.8) is 0 Å².